The monoisotopic (exact) mass is 169 g/mol. The first-order chi connectivity index (χ1) is 5.71. The highest BCUT2D eigenvalue weighted by Gasteiger charge is 2.69. The number of rotatable bonds is 2. The van der Waals surface area contributed by atoms with Crippen molar-refractivity contribution in [3.63, 3.8) is 0 Å². The van der Waals surface area contributed by atoms with Crippen LogP contribution in [0.2, 0.25) is 0 Å². The van der Waals surface area contributed by atoms with Crippen LogP contribution in [0.3, 0.4) is 0 Å². The normalized spacial score (nSPS) is 43.8. The molecule has 0 amide bonds. The number of hydrogen-bond acceptors (Lipinski definition) is 3. The summed E-state index contributed by atoms with van der Waals surface area (Å²) in [7, 11) is 0. The van der Waals surface area contributed by atoms with E-state index in [9.17, 15) is 4.79 Å². The van der Waals surface area contributed by atoms with Gasteiger partial charge < -0.3 is 10.5 Å². The van der Waals surface area contributed by atoms with Crippen molar-refractivity contribution >= 4 is 5.97 Å². The smallest absolute Gasteiger partial charge is 0.326 e. The summed E-state index contributed by atoms with van der Waals surface area (Å²) < 4.78 is 4.94. The lowest BCUT2D eigenvalue weighted by atomic mass is 10.1. The van der Waals surface area contributed by atoms with Gasteiger partial charge in [0.15, 0.2) is 0 Å². The molecule has 3 heteroatoms. The summed E-state index contributed by atoms with van der Waals surface area (Å²) in [6.07, 6.45) is 3.45. The van der Waals surface area contributed by atoms with Crippen molar-refractivity contribution in [2.75, 3.05) is 6.61 Å². The van der Waals surface area contributed by atoms with Crippen LogP contribution in [0, 0.1) is 11.8 Å². The number of carbonyl (C=O) groups is 1. The largest absolute Gasteiger partial charge is 0.465 e. The first-order valence-corrected chi connectivity index (χ1v) is 4.67. The molecule has 2 unspecified atom stereocenters. The van der Waals surface area contributed by atoms with E-state index in [1.165, 1.54) is 6.42 Å². The molecule has 2 saturated carbocycles. The van der Waals surface area contributed by atoms with Gasteiger partial charge in [-0.25, -0.2) is 0 Å². The molecule has 68 valence electrons. The Hall–Kier alpha value is -0.570. The summed E-state index contributed by atoms with van der Waals surface area (Å²) in [6, 6.07) is 0. The van der Waals surface area contributed by atoms with Crippen LogP contribution in [-0.2, 0) is 9.53 Å². The molecule has 2 aliphatic carbocycles. The van der Waals surface area contributed by atoms with Crippen LogP contribution < -0.4 is 5.73 Å². The van der Waals surface area contributed by atoms with E-state index < -0.39 is 5.54 Å². The predicted octanol–water partition coefficient (Wildman–Crippen LogP) is 0.677. The number of fused-ring (bicyclic) bond motifs is 1. The molecule has 0 bridgehead atoms. The Kier molecular flexibility index (Phi) is 1.65. The number of hydrogen-bond donors (Lipinski definition) is 1. The second-order valence-corrected chi connectivity index (χ2v) is 3.80. The van der Waals surface area contributed by atoms with Gasteiger partial charge in [-0.1, -0.05) is 6.42 Å². The fraction of sp³-hybridized carbons (Fsp3) is 0.889. The Labute approximate surface area is 72.3 Å². The van der Waals surface area contributed by atoms with Crippen molar-refractivity contribution in [2.45, 2.75) is 31.7 Å². The number of carbonyl (C=O) groups excluding carboxylic acids is 1. The summed E-state index contributed by atoms with van der Waals surface area (Å²) in [6.45, 7) is 2.26. The topological polar surface area (TPSA) is 52.3 Å². The molecule has 0 aromatic rings. The van der Waals surface area contributed by atoms with Gasteiger partial charge in [0, 0.05) is 0 Å². The molecule has 2 aliphatic rings. The minimum Gasteiger partial charge on any atom is -0.465 e. The van der Waals surface area contributed by atoms with Crippen LogP contribution >= 0.6 is 0 Å². The van der Waals surface area contributed by atoms with Crippen molar-refractivity contribution in [1.82, 2.24) is 0 Å². The average molecular weight is 169 g/mol. The Bertz CT molecular complexity index is 205. The minimum atomic E-state index is -0.589. The highest BCUT2D eigenvalue weighted by atomic mass is 16.5. The standard InChI is InChI=1S/C9H15NO2/c1-2-12-8(11)9(10)6-4-3-5-7(6)9/h6-7H,2-5,10H2,1H3. The first-order valence-electron chi connectivity index (χ1n) is 4.67. The summed E-state index contributed by atoms with van der Waals surface area (Å²) in [5, 5.41) is 0. The number of nitrogens with two attached hydrogens (primary N) is 1. The van der Waals surface area contributed by atoms with Gasteiger partial charge in [0.1, 0.15) is 5.54 Å². The fourth-order valence-corrected chi connectivity index (χ4v) is 2.56. The van der Waals surface area contributed by atoms with Gasteiger partial charge >= 0.3 is 5.97 Å². The molecule has 0 aromatic heterocycles. The second kappa shape index (κ2) is 2.46. The first kappa shape index (κ1) is 8.05. The van der Waals surface area contributed by atoms with Crippen molar-refractivity contribution in [3.8, 4) is 0 Å². The van der Waals surface area contributed by atoms with Crippen LogP contribution in [0.15, 0.2) is 0 Å². The quantitative estimate of drug-likeness (QED) is 0.618. The zero-order valence-electron chi connectivity index (χ0n) is 7.38. The van der Waals surface area contributed by atoms with E-state index >= 15 is 0 Å². The molecule has 0 heterocycles. The van der Waals surface area contributed by atoms with E-state index in [2.05, 4.69) is 0 Å². The molecule has 2 fully saturated rings. The predicted molar refractivity (Wildman–Crippen MR) is 44.4 cm³/mol. The Morgan fingerprint density at radius 3 is 2.67 bits per heavy atom. The van der Waals surface area contributed by atoms with E-state index in [1.807, 2.05) is 6.92 Å². The minimum absolute atomic E-state index is 0.181. The van der Waals surface area contributed by atoms with Crippen LogP contribution in [0.4, 0.5) is 0 Å². The zero-order chi connectivity index (χ0) is 8.77. The number of esters is 1. The van der Waals surface area contributed by atoms with Crippen LogP contribution in [0.25, 0.3) is 0 Å². The highest BCUT2D eigenvalue weighted by molar-refractivity contribution is 5.86. The lowest BCUT2D eigenvalue weighted by Crippen LogP contribution is -2.39. The molecule has 0 spiro atoms. The van der Waals surface area contributed by atoms with E-state index in [4.69, 9.17) is 10.5 Å². The molecule has 2 N–H and O–H groups in total. The van der Waals surface area contributed by atoms with Crippen molar-refractivity contribution in [3.05, 3.63) is 0 Å². The van der Waals surface area contributed by atoms with E-state index in [0.29, 0.717) is 18.4 Å². The summed E-state index contributed by atoms with van der Waals surface area (Å²) >= 11 is 0. The maximum absolute atomic E-state index is 11.4. The molecule has 2 atom stereocenters. The van der Waals surface area contributed by atoms with Crippen molar-refractivity contribution in [2.24, 2.45) is 17.6 Å². The van der Waals surface area contributed by atoms with Crippen LogP contribution in [0.5, 0.6) is 0 Å². The van der Waals surface area contributed by atoms with Gasteiger partial charge in [0.2, 0.25) is 0 Å². The molecule has 2 rings (SSSR count). The number of ether oxygens (including phenoxy) is 1. The summed E-state index contributed by atoms with van der Waals surface area (Å²) in [4.78, 5) is 11.4. The molecule has 0 radical (unpaired) electrons. The third-order valence-electron chi connectivity index (χ3n) is 3.26. The molecule has 0 aliphatic heterocycles. The SMILES string of the molecule is CCOC(=O)C1(N)C2CCCC21. The second-order valence-electron chi connectivity index (χ2n) is 3.80. The highest BCUT2D eigenvalue weighted by Crippen LogP contribution is 2.59. The van der Waals surface area contributed by atoms with Crippen molar-refractivity contribution in [1.29, 1.82) is 0 Å². The molecular weight excluding hydrogens is 154 g/mol. The summed E-state index contributed by atoms with van der Waals surface area (Å²) in [5.41, 5.74) is 5.36. The van der Waals surface area contributed by atoms with Gasteiger partial charge in [0.05, 0.1) is 6.61 Å². The zero-order valence-corrected chi connectivity index (χ0v) is 7.38. The third-order valence-corrected chi connectivity index (χ3v) is 3.26. The Morgan fingerprint density at radius 1 is 1.58 bits per heavy atom. The fourth-order valence-electron chi connectivity index (χ4n) is 2.56. The van der Waals surface area contributed by atoms with Gasteiger partial charge in [-0.3, -0.25) is 4.79 Å². The average Bonchev–Trinajstić information content (AvgIpc) is 2.52. The third kappa shape index (κ3) is 0.829. The van der Waals surface area contributed by atoms with Gasteiger partial charge in [-0.15, -0.1) is 0 Å². The lowest BCUT2D eigenvalue weighted by Gasteiger charge is -2.12. The van der Waals surface area contributed by atoms with E-state index in [-0.39, 0.29) is 5.97 Å². The molecule has 0 aromatic carbocycles. The molecular formula is C9H15NO2. The lowest BCUT2D eigenvalue weighted by molar-refractivity contribution is -0.146. The molecule has 0 saturated heterocycles. The Balaban J connectivity index is 2.01. The van der Waals surface area contributed by atoms with Crippen molar-refractivity contribution < 1.29 is 9.53 Å². The van der Waals surface area contributed by atoms with Crippen LogP contribution in [-0.4, -0.2) is 18.1 Å². The molecule has 12 heavy (non-hydrogen) atoms. The van der Waals surface area contributed by atoms with Gasteiger partial charge in [0.25, 0.3) is 0 Å². The van der Waals surface area contributed by atoms with E-state index in [1.54, 1.807) is 0 Å². The van der Waals surface area contributed by atoms with Gasteiger partial charge in [-0.05, 0) is 31.6 Å². The Morgan fingerprint density at radius 2 is 2.17 bits per heavy atom. The maximum atomic E-state index is 11.4. The summed E-state index contributed by atoms with van der Waals surface area (Å²) in [5.74, 6) is 0.674. The maximum Gasteiger partial charge on any atom is 0.326 e. The van der Waals surface area contributed by atoms with Crippen LogP contribution in [0.1, 0.15) is 26.2 Å². The van der Waals surface area contributed by atoms with E-state index in [0.717, 1.165) is 12.8 Å². The van der Waals surface area contributed by atoms with Gasteiger partial charge in [-0.2, -0.15) is 0 Å². The molecule has 3 nitrogen and oxygen atoms in total.